The number of nitrogens with zero attached hydrogens (tertiary/aromatic N) is 16. The number of amides is 11. The van der Waals surface area contributed by atoms with E-state index in [0.29, 0.717) is 117 Å². The fraction of sp³-hybridized carbons (Fsp3) is 0.422. The normalized spacial score (nSPS) is 23.5. The van der Waals surface area contributed by atoms with Gasteiger partial charge in [-0.05, 0) is 247 Å². The summed E-state index contributed by atoms with van der Waals surface area (Å²) in [4.78, 5) is 218. The summed E-state index contributed by atoms with van der Waals surface area (Å²) in [7, 11) is 0. The number of pyridine rings is 4. The van der Waals surface area contributed by atoms with Crippen LogP contribution in [0.4, 0.5) is 49.9 Å². The van der Waals surface area contributed by atoms with Crippen LogP contribution >= 0.6 is 0 Å². The van der Waals surface area contributed by atoms with Crippen LogP contribution in [0.25, 0.3) is 43.6 Å². The first kappa shape index (κ1) is 99.6. The summed E-state index contributed by atoms with van der Waals surface area (Å²) in [6.07, 6.45) is 6.50. The molecular formula is C109H116N24O17. The Morgan fingerprint density at radius 3 is 1.00 bits per heavy atom. The highest BCUT2D eigenvalue weighted by Crippen LogP contribution is 2.63. The molecule has 8 aliphatic heterocycles. The van der Waals surface area contributed by atoms with Crippen LogP contribution in [0, 0.1) is 77.0 Å². The number of cyclic esters (lactones) is 1. The van der Waals surface area contributed by atoms with Crippen LogP contribution in [0.2, 0.25) is 0 Å². The predicted molar refractivity (Wildman–Crippen MR) is 551 cm³/mol. The largest absolute Gasteiger partial charge is 0.444 e. The first-order valence-electron chi connectivity index (χ1n) is 50.6. The molecule has 8 N–H and O–H groups in total. The van der Waals surface area contributed by atoms with Crippen LogP contribution < -0.4 is 47.3 Å². The Balaban J connectivity index is 0.000000117. The lowest BCUT2D eigenvalue weighted by Crippen LogP contribution is -2.47. The van der Waals surface area contributed by atoms with Gasteiger partial charge >= 0.3 is 12.2 Å². The van der Waals surface area contributed by atoms with Gasteiger partial charge in [0.25, 0.3) is 0 Å². The van der Waals surface area contributed by atoms with Gasteiger partial charge in [-0.25, -0.2) is 29.5 Å². The van der Waals surface area contributed by atoms with Gasteiger partial charge in [0.05, 0.1) is 27.8 Å². The Morgan fingerprint density at radius 2 is 0.660 bits per heavy atom. The van der Waals surface area contributed by atoms with Gasteiger partial charge in [0.1, 0.15) is 109 Å². The Hall–Kier alpha value is -16.4. The van der Waals surface area contributed by atoms with Crippen LogP contribution in [0.15, 0.2) is 97.1 Å². The first-order valence-corrected chi connectivity index (χ1v) is 50.6. The van der Waals surface area contributed by atoms with Gasteiger partial charge in [-0.2, -0.15) is 20.4 Å². The minimum absolute atomic E-state index is 0.00519. The lowest BCUT2D eigenvalue weighted by molar-refractivity contribution is -0.138. The van der Waals surface area contributed by atoms with Crippen molar-refractivity contribution in [2.75, 3.05) is 43.8 Å². The number of carbonyl (C=O) groups excluding carboxylic acids is 15. The molecule has 11 amide bonds. The molecule has 0 unspecified atom stereocenters. The van der Waals surface area contributed by atoms with Crippen molar-refractivity contribution < 1.29 is 81.4 Å². The number of anilines is 7. The molecule has 774 valence electrons. The Labute approximate surface area is 860 Å². The molecule has 8 fully saturated rings. The van der Waals surface area contributed by atoms with Crippen molar-refractivity contribution >= 4 is 172 Å². The second-order valence-corrected chi connectivity index (χ2v) is 43.5. The zero-order valence-electron chi connectivity index (χ0n) is 86.2. The molecule has 12 aliphatic rings. The highest BCUT2D eigenvalue weighted by atomic mass is 16.6. The van der Waals surface area contributed by atoms with E-state index < -0.39 is 36.4 Å². The Morgan fingerprint density at radius 1 is 0.353 bits per heavy atom. The Kier molecular flexibility index (Phi) is 24.7. The van der Waals surface area contributed by atoms with Crippen molar-refractivity contribution in [1.82, 2.24) is 84.0 Å². The molecule has 4 saturated carbocycles. The molecule has 0 radical (unpaired) electrons. The summed E-state index contributed by atoms with van der Waals surface area (Å²) in [6, 6.07) is 27.3. The van der Waals surface area contributed by atoms with E-state index in [0.717, 1.165) is 123 Å². The monoisotopic (exact) mass is 2030 g/mol. The number of nitrogens with one attached hydrogen (secondary N) is 8. The zero-order chi connectivity index (χ0) is 106. The lowest BCUT2D eigenvalue weighted by Gasteiger charge is -2.27. The summed E-state index contributed by atoms with van der Waals surface area (Å²) in [5.41, 5.74) is 15.7. The predicted octanol–water partition coefficient (Wildman–Crippen LogP) is 12.6. The van der Waals surface area contributed by atoms with Gasteiger partial charge in [-0.15, -0.1) is 0 Å². The molecule has 41 heteroatoms. The molecule has 16 heterocycles. The summed E-state index contributed by atoms with van der Waals surface area (Å²) in [6.45, 7) is 30.0. The second kappa shape index (κ2) is 37.2. The van der Waals surface area contributed by atoms with Gasteiger partial charge in [0, 0.05) is 138 Å². The molecule has 0 bridgehead atoms. The molecule has 12 aromatic rings. The highest BCUT2D eigenvalue weighted by Gasteiger charge is 2.68. The molecular weight excluding hydrogens is 1920 g/mol. The maximum atomic E-state index is 13.8. The average molecular weight is 2030 g/mol. The number of hydrogen-bond donors (Lipinski definition) is 8. The molecule has 4 saturated heterocycles. The van der Waals surface area contributed by atoms with Crippen molar-refractivity contribution in [3.05, 3.63) is 187 Å². The summed E-state index contributed by atoms with van der Waals surface area (Å²) >= 11 is 0. The highest BCUT2D eigenvalue weighted by molar-refractivity contribution is 6.12. The lowest BCUT2D eigenvalue weighted by atomic mass is 10.00. The zero-order valence-corrected chi connectivity index (χ0v) is 86.2. The number of ether oxygens (including phenoxy) is 2. The number of fused-ring (bicyclic) bond motifs is 12. The van der Waals surface area contributed by atoms with E-state index in [2.05, 4.69) is 111 Å². The van der Waals surface area contributed by atoms with Crippen LogP contribution in [-0.4, -0.2) is 222 Å². The molecule has 4 aromatic carbocycles. The molecule has 150 heavy (non-hydrogen) atoms. The van der Waals surface area contributed by atoms with Crippen molar-refractivity contribution in [2.45, 2.75) is 269 Å². The third-order valence-electron chi connectivity index (χ3n) is 32.0. The van der Waals surface area contributed by atoms with E-state index in [4.69, 9.17) is 9.47 Å². The topological polar surface area (TPSA) is 507 Å². The number of benzene rings is 4. The minimum atomic E-state index is -0.626. The number of aryl methyl sites for hydroxylation is 9. The molecule has 12 atom stereocenters. The van der Waals surface area contributed by atoms with E-state index in [1.165, 1.54) is 37.1 Å². The number of hydrogen-bond acceptors (Lipinski definition) is 26. The summed E-state index contributed by atoms with van der Waals surface area (Å²) in [5, 5.41) is 43.6. The SMILES string of the molecule is CC(=O)c1nn(CC(=O)N2[C@H](C(=O)Nc3nc(C)ccc3C)C[C@@]3(C)C[C@@H]23)c2cc3c(cc12)NC(=O)CC3.CC(=O)c1nn(CC(=O)N2[C@H](C(=O)Nc3nc(C)ccc3C)C[C@@]3(C)C[C@@H]23)c2cc3c(cc12)NC(=O)OC3.CC(=O)c1nn(CC(=O)N2[C@H](C(=O)Nc3nc(C)ccc3C)C[C@@]3(C)C[C@@H]23)c2cc3c(cc12)NCC3.CC(=O)c1nn(CC(=O)N2[C@H](C(=O)Nc3nc(C)ccc3C)C[C@@]3(C)C[C@@H]23)c2cc3c(cc12)OC(=O)NC3. The number of likely N-dealkylation sites (tertiary alicyclic amines) is 4. The van der Waals surface area contributed by atoms with E-state index >= 15 is 0 Å². The second-order valence-electron chi connectivity index (χ2n) is 43.5. The van der Waals surface area contributed by atoms with Gasteiger partial charge < -0.3 is 66.3 Å². The van der Waals surface area contributed by atoms with Crippen molar-refractivity contribution in [3.8, 4) is 5.75 Å². The molecule has 41 nitrogen and oxygen atoms in total. The maximum absolute atomic E-state index is 13.8. The van der Waals surface area contributed by atoms with Gasteiger partial charge in [-0.1, -0.05) is 52.0 Å². The number of rotatable bonds is 20. The smallest absolute Gasteiger partial charge is 0.412 e. The fourth-order valence-corrected chi connectivity index (χ4v) is 23.2. The standard InChI is InChI=1S/C28H30N6O4.2C27H28N6O5.C27H30N6O3/c1-14-5-6-15(2)29-26(14)31-27(38)21-11-28(4)12-22(28)34(21)24(37)13-33-20-9-17-7-8-23(36)30-19(17)10-18(20)25(32-33)16(3)35;1-13-5-6-14(2)28-24(13)30-25(36)20-9-27(4)10-21(27)33(20)22(35)11-32-19-7-16-12-38-26(37)29-18(16)8-17(19)23(31-32)15(3)34;1-13-5-6-14(2)29-24(13)30-25(36)19-9-27(4)10-21(27)33(19)22(35)12-32-18-7-16-11-28-26(37)38-20(16)8-17(18)23(31-32)15(3)34;1-14-5-6-15(2)29-25(14)30-26(36)21-11-27(4)12-22(27)33(21)23(35)13-32-20-9-17-7-8-28-19(17)10-18(20)24(31-32)16(3)34/h5-6,9-10,21-22H,7-8,11-13H2,1-4H3,(H,30,36)(H,29,31,38);5-8,20-21H,9-12H2,1-4H3,(H,29,37)(H,28,30,36);5-8,19,21H,9-12H2,1-4H3,(H,28,37)(H,29,30,36);5-6,9-10,21-22,28H,7-8,11-13H2,1-4H3,(H,29,30,36)/t21-,22+,28-;20-,21+,27-;19-,21+,27-;21-,22+,27-/m0000/s1. The number of aromatic nitrogens is 12. The number of Topliss-reactive ketones (excluding diaryl/α,β-unsaturated/α-hetero) is 4. The molecule has 24 rings (SSSR count). The van der Waals surface area contributed by atoms with E-state index in [1.54, 1.807) is 59.3 Å². The Bertz CT molecular complexity index is 7420. The first-order chi connectivity index (χ1) is 71.2. The van der Waals surface area contributed by atoms with E-state index in [9.17, 15) is 71.9 Å². The van der Waals surface area contributed by atoms with Crippen molar-refractivity contribution in [2.24, 2.45) is 21.7 Å². The van der Waals surface area contributed by atoms with Gasteiger partial charge in [-0.3, -0.25) is 86.4 Å². The number of carbonyl (C=O) groups is 15. The van der Waals surface area contributed by atoms with Crippen LogP contribution in [0.5, 0.6) is 5.75 Å². The molecule has 0 spiro atoms. The van der Waals surface area contributed by atoms with E-state index in [1.807, 2.05) is 122 Å². The van der Waals surface area contributed by atoms with Crippen LogP contribution in [-0.2, 0) is 100 Å². The van der Waals surface area contributed by atoms with Gasteiger partial charge in [0.15, 0.2) is 23.1 Å². The summed E-state index contributed by atoms with van der Waals surface area (Å²) in [5.74, 6) is -0.390. The van der Waals surface area contributed by atoms with Crippen molar-refractivity contribution in [3.63, 3.8) is 0 Å². The quantitative estimate of drug-likeness (QED) is 0.0329. The van der Waals surface area contributed by atoms with Gasteiger partial charge in [0.2, 0.25) is 53.2 Å². The average Bonchev–Trinajstić information content (AvgIpc) is 1.55. The van der Waals surface area contributed by atoms with Crippen LogP contribution in [0.3, 0.4) is 0 Å². The van der Waals surface area contributed by atoms with E-state index in [-0.39, 0.29) is 179 Å². The third-order valence-corrected chi connectivity index (χ3v) is 32.0. The third kappa shape index (κ3) is 18.5. The van der Waals surface area contributed by atoms with Crippen molar-refractivity contribution in [1.29, 1.82) is 0 Å². The minimum Gasteiger partial charge on any atom is -0.444 e. The summed E-state index contributed by atoms with van der Waals surface area (Å²) < 4.78 is 16.5. The molecule has 4 aliphatic carbocycles. The van der Waals surface area contributed by atoms with Crippen LogP contribution in [0.1, 0.15) is 222 Å². The fourth-order valence-electron chi connectivity index (χ4n) is 23.2. The molecule has 8 aromatic heterocycles. The number of piperidine rings is 4. The number of ketones is 4. The maximum Gasteiger partial charge on any atom is 0.412 e.